The van der Waals surface area contributed by atoms with Crippen molar-refractivity contribution in [2.45, 2.75) is 0 Å². The molecule has 0 N–H and O–H groups in total. The van der Waals surface area contributed by atoms with Crippen molar-refractivity contribution >= 4 is 85.2 Å². The van der Waals surface area contributed by atoms with Crippen LogP contribution >= 0.6 is 0 Å². The SMILES string of the molecule is [2H]c1c[c]([Ge]([c]2c([2H])c([2H])c([2H])c([2H])c2[2H])([c]2c([2H])c([2H])c([2H])c([2H])c2[2H])[c]2c([2H])c([2H])c([2H])c(-c3c([2H])c(-c4nc(-c5c([2H])c([2H])c([2H])c([2H])c5-n5c6c([2H])c([2H])c([2H])c([2H])c6c6c([2H])c([2H])c([2H])c([2H])c65)nc(-n5c6c([2H])c([2H])c([2H])c([2H])c6c6c([2H])c([2H])c([2H])c([2H])c65)n4)c([2H])c4c([2H])c([2H])c([2H])c([2H])c34)c2[2H])c([2H])c([2H])c1[2H]. The van der Waals surface area contributed by atoms with E-state index in [1.165, 1.54) is 0 Å². The summed E-state index contributed by atoms with van der Waals surface area (Å²) in [5.74, 6) is -3.85. The van der Waals surface area contributed by atoms with Crippen molar-refractivity contribution in [1.29, 1.82) is 0 Å². The van der Waals surface area contributed by atoms with Crippen molar-refractivity contribution in [2.24, 2.45) is 0 Å². The summed E-state index contributed by atoms with van der Waals surface area (Å²) in [6.45, 7) is 0. The Labute approximate surface area is 487 Å². The van der Waals surface area contributed by atoms with Gasteiger partial charge in [0.2, 0.25) is 0 Å². The summed E-state index contributed by atoms with van der Waals surface area (Å²) in [7, 11) is 0. The molecule has 11 aromatic carbocycles. The minimum atomic E-state index is -7.57. The van der Waals surface area contributed by atoms with Crippen LogP contribution in [0.25, 0.3) is 99.9 Å². The van der Waals surface area contributed by atoms with Crippen LogP contribution in [-0.2, 0) is 0 Å². The van der Waals surface area contributed by atoms with E-state index in [4.69, 9.17) is 26.0 Å². The second-order valence-corrected chi connectivity index (χ2v) is 22.8. The molecule has 0 spiro atoms. The van der Waals surface area contributed by atoms with Crippen molar-refractivity contribution in [2.75, 3.05) is 0 Å². The molecular formula is C67H45GeN5. The van der Waals surface area contributed by atoms with E-state index in [-0.39, 0.29) is 0 Å². The van der Waals surface area contributed by atoms with Crippen LogP contribution in [0, 0.1) is 0 Å². The fraction of sp³-hybridized carbons (Fsp3) is 0. The van der Waals surface area contributed by atoms with E-state index in [0.717, 1.165) is 0 Å². The first-order valence-corrected chi connectivity index (χ1v) is 25.5. The van der Waals surface area contributed by atoms with E-state index in [1.54, 1.807) is 0 Å². The Morgan fingerprint density at radius 2 is 0.795 bits per heavy atom. The summed E-state index contributed by atoms with van der Waals surface area (Å²) in [4.78, 5) is 13.9. The average molecular weight is 1040 g/mol. The number of para-hydroxylation sites is 5. The normalized spacial score (nSPS) is 20.3. The van der Waals surface area contributed by atoms with Crippen LogP contribution in [-0.4, -0.2) is 37.4 Å². The quantitative estimate of drug-likeness (QED) is 0.135. The van der Waals surface area contributed by atoms with E-state index in [1.807, 2.05) is 0 Å². The molecule has 0 radical (unpaired) electrons. The predicted molar refractivity (Wildman–Crippen MR) is 306 cm³/mol. The van der Waals surface area contributed by atoms with Crippen LogP contribution in [0.1, 0.15) is 60.3 Å². The van der Waals surface area contributed by atoms with E-state index in [0.29, 0.717) is 15.2 Å². The number of hydrogen-bond donors (Lipinski definition) is 0. The Morgan fingerprint density at radius 3 is 1.42 bits per heavy atom. The van der Waals surface area contributed by atoms with Gasteiger partial charge in [-0.2, -0.15) is 0 Å². The van der Waals surface area contributed by atoms with Gasteiger partial charge in [-0.15, -0.1) is 0 Å². The van der Waals surface area contributed by atoms with Gasteiger partial charge in [-0.25, -0.2) is 0 Å². The number of fused-ring (bicyclic) bond motifs is 7. The van der Waals surface area contributed by atoms with E-state index < -0.39 is 397 Å². The summed E-state index contributed by atoms with van der Waals surface area (Å²) in [5.41, 5.74) is -9.49. The fourth-order valence-corrected chi connectivity index (χ4v) is 16.3. The van der Waals surface area contributed by atoms with Crippen molar-refractivity contribution in [3.8, 4) is 45.5 Å². The average Bonchev–Trinajstić information content (AvgIpc) is 1.32. The molecule has 73 heavy (non-hydrogen) atoms. The van der Waals surface area contributed by atoms with Crippen LogP contribution in [0.3, 0.4) is 0 Å². The van der Waals surface area contributed by atoms with Gasteiger partial charge >= 0.3 is 349 Å². The Kier molecular flexibility index (Phi) is 4.16. The first-order chi connectivity index (χ1) is 54.5. The van der Waals surface area contributed by atoms with Crippen molar-refractivity contribution < 1.29 is 60.3 Å². The van der Waals surface area contributed by atoms with Gasteiger partial charge in [0.25, 0.3) is 0 Å². The molecule has 0 fully saturated rings. The molecule has 14 aromatic rings. The second-order valence-electron chi connectivity index (χ2n) is 15.4. The van der Waals surface area contributed by atoms with Crippen LogP contribution < -0.4 is 17.6 Å². The van der Waals surface area contributed by atoms with E-state index in [9.17, 15) is 34.3 Å². The second kappa shape index (κ2) is 17.6. The zero-order valence-electron chi connectivity index (χ0n) is 80.3. The van der Waals surface area contributed by atoms with Crippen LogP contribution in [0.4, 0.5) is 0 Å². The Bertz CT molecular complexity index is 6790. The van der Waals surface area contributed by atoms with Gasteiger partial charge in [0.05, 0.1) is 37.1 Å². The van der Waals surface area contributed by atoms with Gasteiger partial charge in [0.15, 0.2) is 0 Å². The number of rotatable bonds is 9. The number of hydrogen-bond acceptors (Lipinski definition) is 3. The first kappa shape index (κ1) is 17.3. The molecule has 6 heteroatoms. The molecule has 0 aliphatic carbocycles. The molecule has 0 unspecified atom stereocenters. The number of aromatic nitrogens is 5. The fourth-order valence-electron chi connectivity index (χ4n) is 8.62. The monoisotopic (exact) mass is 1040 g/mol. The summed E-state index contributed by atoms with van der Waals surface area (Å²) >= 11 is -7.57. The van der Waals surface area contributed by atoms with Gasteiger partial charge in [0, 0.05) is 10.8 Å². The van der Waals surface area contributed by atoms with Crippen molar-refractivity contribution in [3.05, 3.63) is 272 Å². The van der Waals surface area contributed by atoms with Gasteiger partial charge in [-0.3, -0.25) is 0 Å². The van der Waals surface area contributed by atoms with E-state index >= 15 is 0 Å². The molecular weight excluding hydrogens is 947 g/mol. The topological polar surface area (TPSA) is 48.5 Å². The third-order valence-electron chi connectivity index (χ3n) is 11.6. The molecule has 5 nitrogen and oxygen atoms in total. The molecule has 342 valence electrons. The van der Waals surface area contributed by atoms with Gasteiger partial charge in [-0.1, -0.05) is 78.6 Å². The summed E-state index contributed by atoms with van der Waals surface area (Å²) < 4.78 is 410. The Balaban J connectivity index is 1.28. The Morgan fingerprint density at radius 1 is 0.315 bits per heavy atom. The molecule has 0 aliphatic heterocycles. The molecule has 0 amide bonds. The summed E-state index contributed by atoms with van der Waals surface area (Å²) in [5, 5.41) is -5.00. The molecule has 3 aromatic heterocycles. The van der Waals surface area contributed by atoms with Gasteiger partial charge < -0.3 is 0 Å². The predicted octanol–water partition coefficient (Wildman–Crippen LogP) is 13.6. The number of benzene rings is 11. The minimum absolute atomic E-state index is 0.562. The molecule has 0 atom stereocenters. The maximum atomic E-state index is 10.8. The van der Waals surface area contributed by atoms with Crippen LogP contribution in [0.2, 0.25) is 0 Å². The van der Waals surface area contributed by atoms with Gasteiger partial charge in [-0.05, 0) is 12.1 Å². The molecule has 14 rings (SSSR count). The maximum absolute atomic E-state index is 10.8. The standard InChI is InChI=1S/C67H45GeN5/c1-4-25-49(26-5-1)68(50-27-6-2-7-28-50,51-29-8-3-9-30-51)52-31-22-24-47(44-52)59-45-48(43-46-23-10-11-32-53(46)59)65-69-66(71-67(70-65)73-62-40-19-14-35-56(62)57-36-15-20-41-63(57)73)58-37-16-21-42-64(58)72-60-38-17-12-33-54(60)55-34-13-18-39-61(55)72/h1-45H/i1D,2D,3D,4D,5D,6D,7D,8D,9D,10D,11D,12D,13D,14D,15D,16D,17D,18D,19D,20D,21D,22D,23D,24D,25D,26D,27D,28D,29D,31D,32D,33D,34D,35D,36D,37D,38D,39D,40D,41D,42D,43D,44D,45D. The molecule has 0 bridgehead atoms. The Hall–Kier alpha value is -9.17. The zero-order valence-corrected chi connectivity index (χ0v) is 38.4. The summed E-state index contributed by atoms with van der Waals surface area (Å²) in [6, 6.07) is -52.3. The van der Waals surface area contributed by atoms with Crippen molar-refractivity contribution in [3.63, 3.8) is 0 Å². The summed E-state index contributed by atoms with van der Waals surface area (Å²) in [6.07, 6.45) is 0. The molecule has 0 aliphatic rings. The number of nitrogens with zero attached hydrogens (tertiary/aromatic N) is 5. The van der Waals surface area contributed by atoms with Crippen molar-refractivity contribution in [1.82, 2.24) is 24.1 Å². The molecule has 0 saturated heterocycles. The van der Waals surface area contributed by atoms with E-state index in [2.05, 4.69) is 15.0 Å². The zero-order chi connectivity index (χ0) is 86.6. The first-order valence-electron chi connectivity index (χ1n) is 43.3. The van der Waals surface area contributed by atoms with Gasteiger partial charge in [0.1, 0.15) is 0 Å². The third kappa shape index (κ3) is 6.96. The molecule has 3 heterocycles. The van der Waals surface area contributed by atoms with Crippen LogP contribution in [0.5, 0.6) is 0 Å². The molecule has 0 saturated carbocycles. The van der Waals surface area contributed by atoms with Crippen LogP contribution in [0.15, 0.2) is 272 Å². The third-order valence-corrected chi connectivity index (χ3v) is 20.2.